The maximum absolute atomic E-state index is 12.5. The first-order chi connectivity index (χ1) is 11.9. The molecule has 7 nitrogen and oxygen atoms in total. The quantitative estimate of drug-likeness (QED) is 0.678. The predicted molar refractivity (Wildman–Crippen MR) is 110 cm³/mol. The third kappa shape index (κ3) is 7.58. The maximum Gasteiger partial charge on any atom is 0.240 e. The highest BCUT2D eigenvalue weighted by Gasteiger charge is 2.25. The Hall–Kier alpha value is -2.09. The van der Waals surface area contributed by atoms with Gasteiger partial charge in [0.15, 0.2) is 0 Å². The van der Waals surface area contributed by atoms with Crippen LogP contribution in [0.15, 0.2) is 42.9 Å². The molecule has 2 amide bonds. The second-order valence-electron chi connectivity index (χ2n) is 6.36. The number of hydrogen-bond acceptors (Lipinski definition) is 4. The van der Waals surface area contributed by atoms with Gasteiger partial charge in [-0.15, -0.1) is 24.8 Å². The van der Waals surface area contributed by atoms with Crippen molar-refractivity contribution in [3.63, 3.8) is 0 Å². The van der Waals surface area contributed by atoms with Crippen LogP contribution >= 0.6 is 24.8 Å². The minimum Gasteiger partial charge on any atom is -0.368 e. The van der Waals surface area contributed by atoms with Gasteiger partial charge >= 0.3 is 0 Å². The molecule has 0 aliphatic carbocycles. The van der Waals surface area contributed by atoms with E-state index in [2.05, 4.69) is 4.98 Å². The van der Waals surface area contributed by atoms with E-state index in [0.717, 1.165) is 5.69 Å². The number of hydrogen-bond donors (Lipinski definition) is 2. The summed E-state index contributed by atoms with van der Waals surface area (Å²) in [6.07, 6.45) is 3.92. The maximum atomic E-state index is 12.5. The Balaban J connectivity index is 0.00000338. The lowest BCUT2D eigenvalue weighted by atomic mass is 10.1. The summed E-state index contributed by atoms with van der Waals surface area (Å²) in [6, 6.07) is 9.11. The molecule has 0 bridgehead atoms. The fourth-order valence-electron chi connectivity index (χ4n) is 2.60. The molecule has 150 valence electrons. The first-order valence-electron chi connectivity index (χ1n) is 8.25. The lowest BCUT2D eigenvalue weighted by Gasteiger charge is -2.27. The average molecular weight is 416 g/mol. The molecule has 27 heavy (non-hydrogen) atoms. The topological polar surface area (TPSA) is 107 Å². The molecular formula is C18H27Cl2N5O2. The smallest absolute Gasteiger partial charge is 0.240 e. The van der Waals surface area contributed by atoms with E-state index in [0.29, 0.717) is 13.0 Å². The van der Waals surface area contributed by atoms with Gasteiger partial charge < -0.3 is 20.9 Å². The van der Waals surface area contributed by atoms with Gasteiger partial charge in [0.1, 0.15) is 0 Å². The van der Waals surface area contributed by atoms with Crippen molar-refractivity contribution in [3.8, 4) is 0 Å². The number of imidazole rings is 1. The van der Waals surface area contributed by atoms with E-state index in [1.165, 1.54) is 10.5 Å². The number of benzene rings is 1. The Morgan fingerprint density at radius 1 is 1.19 bits per heavy atom. The third-order valence-corrected chi connectivity index (χ3v) is 3.87. The van der Waals surface area contributed by atoms with Gasteiger partial charge in [0.05, 0.1) is 24.6 Å². The zero-order valence-electron chi connectivity index (χ0n) is 15.4. The van der Waals surface area contributed by atoms with Crippen LogP contribution in [0, 0.1) is 0 Å². The number of nitrogens with two attached hydrogens (primary N) is 2. The standard InChI is InChI=1S/C18H25N5O2.2ClH/c1-13(2)23(11-17(20)24)18(25)16(19)8-15-10-22(12-21-15)9-14-6-4-3-5-7-14;;/h3-7,10,12-13,16H,8-9,11,19H2,1-2H3,(H2,20,24);2*1H/t16-;;/m0../s1. The molecule has 0 saturated heterocycles. The second kappa shape index (κ2) is 11.6. The third-order valence-electron chi connectivity index (χ3n) is 3.87. The summed E-state index contributed by atoms with van der Waals surface area (Å²) >= 11 is 0. The molecule has 1 aromatic heterocycles. The zero-order valence-corrected chi connectivity index (χ0v) is 17.1. The fraction of sp³-hybridized carbons (Fsp3) is 0.389. The molecule has 9 heteroatoms. The SMILES string of the molecule is CC(C)N(CC(N)=O)C(=O)[C@@H](N)Cc1cn(Cc2ccccc2)cn1.Cl.Cl. The van der Waals surface area contributed by atoms with Crippen LogP contribution in [0.2, 0.25) is 0 Å². The van der Waals surface area contributed by atoms with Gasteiger partial charge in [-0.1, -0.05) is 30.3 Å². The van der Waals surface area contributed by atoms with Crippen LogP contribution in [0.5, 0.6) is 0 Å². The predicted octanol–water partition coefficient (Wildman–Crippen LogP) is 1.37. The molecule has 2 aromatic rings. The van der Waals surface area contributed by atoms with E-state index < -0.39 is 11.9 Å². The van der Waals surface area contributed by atoms with E-state index in [1.54, 1.807) is 6.33 Å². The Morgan fingerprint density at radius 3 is 2.37 bits per heavy atom. The molecular weight excluding hydrogens is 389 g/mol. The average Bonchev–Trinajstić information content (AvgIpc) is 2.99. The monoisotopic (exact) mass is 415 g/mol. The minimum absolute atomic E-state index is 0. The molecule has 0 spiro atoms. The molecule has 0 fully saturated rings. The van der Waals surface area contributed by atoms with Crippen molar-refractivity contribution in [2.24, 2.45) is 11.5 Å². The summed E-state index contributed by atoms with van der Waals surface area (Å²) in [7, 11) is 0. The Kier molecular flexibility index (Phi) is 10.7. The van der Waals surface area contributed by atoms with Gasteiger partial charge in [-0.3, -0.25) is 9.59 Å². The van der Waals surface area contributed by atoms with Crippen molar-refractivity contribution in [2.75, 3.05) is 6.54 Å². The van der Waals surface area contributed by atoms with E-state index in [1.807, 2.05) is 54.9 Å². The van der Waals surface area contributed by atoms with Gasteiger partial charge in [-0.25, -0.2) is 4.98 Å². The zero-order chi connectivity index (χ0) is 18.4. The van der Waals surface area contributed by atoms with E-state index in [4.69, 9.17) is 11.5 Å². The van der Waals surface area contributed by atoms with Crippen molar-refractivity contribution in [1.82, 2.24) is 14.5 Å². The molecule has 0 aliphatic rings. The van der Waals surface area contributed by atoms with Gasteiger partial charge in [0, 0.05) is 25.2 Å². The van der Waals surface area contributed by atoms with Crippen LogP contribution in [-0.2, 0) is 22.6 Å². The number of aromatic nitrogens is 2. The molecule has 0 saturated carbocycles. The van der Waals surface area contributed by atoms with Gasteiger partial charge in [0.2, 0.25) is 11.8 Å². The van der Waals surface area contributed by atoms with E-state index >= 15 is 0 Å². The number of rotatable bonds is 8. The molecule has 4 N–H and O–H groups in total. The Labute approximate surface area is 171 Å². The van der Waals surface area contributed by atoms with Crippen molar-refractivity contribution < 1.29 is 9.59 Å². The Morgan fingerprint density at radius 2 is 1.81 bits per heavy atom. The molecule has 0 radical (unpaired) electrons. The first kappa shape index (κ1) is 24.9. The number of primary amides is 1. The number of halogens is 2. The Bertz CT molecular complexity index is 722. The second-order valence-corrected chi connectivity index (χ2v) is 6.36. The molecule has 0 unspecified atom stereocenters. The van der Waals surface area contributed by atoms with Crippen LogP contribution in [0.3, 0.4) is 0 Å². The normalized spacial score (nSPS) is 11.3. The van der Waals surface area contributed by atoms with Crippen LogP contribution in [0.4, 0.5) is 0 Å². The van der Waals surface area contributed by atoms with Crippen LogP contribution < -0.4 is 11.5 Å². The highest BCUT2D eigenvalue weighted by molar-refractivity contribution is 5.87. The molecule has 0 aliphatic heterocycles. The van der Waals surface area contributed by atoms with Gasteiger partial charge in [-0.2, -0.15) is 0 Å². The summed E-state index contributed by atoms with van der Waals surface area (Å²) in [5.41, 5.74) is 13.1. The summed E-state index contributed by atoms with van der Waals surface area (Å²) in [5.74, 6) is -0.854. The highest BCUT2D eigenvalue weighted by Crippen LogP contribution is 2.08. The number of amides is 2. The van der Waals surface area contributed by atoms with E-state index in [9.17, 15) is 9.59 Å². The van der Waals surface area contributed by atoms with Crippen LogP contribution in [-0.4, -0.2) is 44.9 Å². The molecule has 1 aromatic carbocycles. The summed E-state index contributed by atoms with van der Waals surface area (Å²) in [5, 5.41) is 0. The summed E-state index contributed by atoms with van der Waals surface area (Å²) in [4.78, 5) is 29.3. The van der Waals surface area contributed by atoms with Crippen molar-refractivity contribution in [1.29, 1.82) is 0 Å². The lowest BCUT2D eigenvalue weighted by Crippen LogP contribution is -2.50. The van der Waals surface area contributed by atoms with Crippen molar-refractivity contribution in [2.45, 2.75) is 38.9 Å². The van der Waals surface area contributed by atoms with Gasteiger partial charge in [0.25, 0.3) is 0 Å². The first-order valence-corrected chi connectivity index (χ1v) is 8.25. The summed E-state index contributed by atoms with van der Waals surface area (Å²) < 4.78 is 1.95. The number of nitrogens with zero attached hydrogens (tertiary/aromatic N) is 3. The number of carbonyl (C=O) groups is 2. The van der Waals surface area contributed by atoms with Crippen LogP contribution in [0.25, 0.3) is 0 Å². The minimum atomic E-state index is -0.762. The molecule has 2 rings (SSSR count). The van der Waals surface area contributed by atoms with Gasteiger partial charge in [-0.05, 0) is 19.4 Å². The number of carbonyl (C=O) groups excluding carboxylic acids is 2. The molecule has 1 heterocycles. The fourth-order valence-corrected chi connectivity index (χ4v) is 2.60. The van der Waals surface area contributed by atoms with E-state index in [-0.39, 0.29) is 43.3 Å². The van der Waals surface area contributed by atoms with Crippen LogP contribution in [0.1, 0.15) is 25.1 Å². The summed E-state index contributed by atoms with van der Waals surface area (Å²) in [6.45, 7) is 4.22. The molecule has 1 atom stereocenters. The van der Waals surface area contributed by atoms with Crippen molar-refractivity contribution >= 4 is 36.6 Å². The highest BCUT2D eigenvalue weighted by atomic mass is 35.5. The van der Waals surface area contributed by atoms with Crippen molar-refractivity contribution in [3.05, 3.63) is 54.1 Å². The lowest BCUT2D eigenvalue weighted by molar-refractivity contribution is -0.138. The largest absolute Gasteiger partial charge is 0.368 e.